The molecule has 3 heteroatoms. The Balaban J connectivity index is 2.58. The summed E-state index contributed by atoms with van der Waals surface area (Å²) in [7, 11) is 0. The van der Waals surface area contributed by atoms with E-state index in [1.165, 1.54) is 16.6 Å². The maximum absolute atomic E-state index is 13.0. The first kappa shape index (κ1) is 8.00. The van der Waals surface area contributed by atoms with Crippen molar-refractivity contribution in [1.82, 2.24) is 4.40 Å². The fraction of sp³-hybridized carbons (Fsp3) is 0.0909. The maximum atomic E-state index is 13.0. The molecule has 3 aromatic rings. The van der Waals surface area contributed by atoms with E-state index in [1.54, 1.807) is 17.4 Å². The van der Waals surface area contributed by atoms with Crippen molar-refractivity contribution in [1.29, 1.82) is 0 Å². The normalized spacial score (nSPS) is 11.6. The van der Waals surface area contributed by atoms with Crippen molar-refractivity contribution in [2.24, 2.45) is 0 Å². The Morgan fingerprint density at radius 2 is 2.14 bits per heavy atom. The molecule has 0 spiro atoms. The summed E-state index contributed by atoms with van der Waals surface area (Å²) in [6.07, 6.45) is 0. The van der Waals surface area contributed by atoms with Crippen molar-refractivity contribution in [2.45, 2.75) is 6.92 Å². The zero-order valence-electron chi connectivity index (χ0n) is 7.62. The minimum atomic E-state index is -0.173. The van der Waals surface area contributed by atoms with E-state index in [1.807, 2.05) is 12.1 Å². The van der Waals surface area contributed by atoms with Crippen molar-refractivity contribution in [2.75, 3.05) is 0 Å². The molecule has 3 rings (SSSR count). The molecular weight excluding hydrogens is 197 g/mol. The highest BCUT2D eigenvalue weighted by Gasteiger charge is 2.06. The maximum Gasteiger partial charge on any atom is 0.123 e. The van der Waals surface area contributed by atoms with Crippen LogP contribution >= 0.6 is 11.3 Å². The number of aromatic nitrogens is 1. The highest BCUT2D eigenvalue weighted by atomic mass is 32.1. The molecule has 0 fully saturated rings. The summed E-state index contributed by atoms with van der Waals surface area (Å²) >= 11 is 1.69. The predicted molar refractivity (Wildman–Crippen MR) is 57.5 cm³/mol. The van der Waals surface area contributed by atoms with Gasteiger partial charge < -0.3 is 4.40 Å². The Morgan fingerprint density at radius 3 is 3.00 bits per heavy atom. The molecule has 0 saturated heterocycles. The number of hydrogen-bond acceptors (Lipinski definition) is 1. The van der Waals surface area contributed by atoms with E-state index in [0.717, 1.165) is 10.9 Å². The monoisotopic (exact) mass is 205 g/mol. The second-order valence-electron chi connectivity index (χ2n) is 3.40. The van der Waals surface area contributed by atoms with Crippen LogP contribution in [0.5, 0.6) is 0 Å². The fourth-order valence-corrected chi connectivity index (χ4v) is 2.75. The number of thiazole rings is 1. The Hall–Kier alpha value is -1.35. The van der Waals surface area contributed by atoms with Gasteiger partial charge in [-0.25, -0.2) is 4.39 Å². The molecule has 0 N–H and O–H groups in total. The second-order valence-corrected chi connectivity index (χ2v) is 4.29. The quantitative estimate of drug-likeness (QED) is 0.528. The molecule has 14 heavy (non-hydrogen) atoms. The van der Waals surface area contributed by atoms with Crippen LogP contribution in [0.15, 0.2) is 29.6 Å². The van der Waals surface area contributed by atoms with Gasteiger partial charge in [-0.3, -0.25) is 0 Å². The molecule has 0 aliphatic heterocycles. The van der Waals surface area contributed by atoms with Gasteiger partial charge in [0.15, 0.2) is 0 Å². The first-order chi connectivity index (χ1) is 6.75. The number of aryl methyl sites for hydroxylation is 1. The van der Waals surface area contributed by atoms with Crippen LogP contribution in [-0.2, 0) is 0 Å². The van der Waals surface area contributed by atoms with Gasteiger partial charge in [-0.1, -0.05) is 0 Å². The van der Waals surface area contributed by atoms with Crippen LogP contribution in [0.2, 0.25) is 0 Å². The van der Waals surface area contributed by atoms with Crippen molar-refractivity contribution in [3.8, 4) is 0 Å². The number of benzene rings is 1. The molecule has 0 saturated carbocycles. The number of fused-ring (bicyclic) bond motifs is 3. The number of rotatable bonds is 0. The average molecular weight is 205 g/mol. The number of halogens is 1. The molecule has 0 aliphatic carbocycles. The molecule has 0 radical (unpaired) electrons. The molecule has 70 valence electrons. The molecule has 0 atom stereocenters. The Morgan fingerprint density at radius 1 is 1.29 bits per heavy atom. The Kier molecular flexibility index (Phi) is 1.47. The minimum Gasteiger partial charge on any atom is -0.305 e. The molecule has 0 amide bonds. The third kappa shape index (κ3) is 0.930. The van der Waals surface area contributed by atoms with Crippen molar-refractivity contribution in [3.63, 3.8) is 0 Å². The van der Waals surface area contributed by atoms with Gasteiger partial charge in [0.2, 0.25) is 0 Å². The van der Waals surface area contributed by atoms with Crippen LogP contribution in [0.4, 0.5) is 4.39 Å². The van der Waals surface area contributed by atoms with E-state index in [0.29, 0.717) is 0 Å². The van der Waals surface area contributed by atoms with E-state index < -0.39 is 0 Å². The lowest BCUT2D eigenvalue weighted by Gasteiger charge is -1.94. The van der Waals surface area contributed by atoms with Gasteiger partial charge in [0.1, 0.15) is 10.6 Å². The Bertz CT molecular complexity index is 621. The van der Waals surface area contributed by atoms with E-state index in [4.69, 9.17) is 0 Å². The topological polar surface area (TPSA) is 4.41 Å². The lowest BCUT2D eigenvalue weighted by Crippen LogP contribution is -1.82. The van der Waals surface area contributed by atoms with Gasteiger partial charge in [0, 0.05) is 16.5 Å². The average Bonchev–Trinajstić information content (AvgIpc) is 2.66. The van der Waals surface area contributed by atoms with Crippen LogP contribution in [-0.4, -0.2) is 4.40 Å². The van der Waals surface area contributed by atoms with E-state index in [9.17, 15) is 4.39 Å². The van der Waals surface area contributed by atoms with Gasteiger partial charge in [-0.15, -0.1) is 11.3 Å². The molecule has 0 unspecified atom stereocenters. The SMILES string of the molecule is Cc1csc2cc3cc(F)ccc3n12. The fourth-order valence-electron chi connectivity index (χ4n) is 1.81. The van der Waals surface area contributed by atoms with Gasteiger partial charge in [0.05, 0.1) is 5.52 Å². The minimum absolute atomic E-state index is 0.173. The summed E-state index contributed by atoms with van der Waals surface area (Å²) < 4.78 is 15.1. The van der Waals surface area contributed by atoms with Gasteiger partial charge in [-0.05, 0) is 31.2 Å². The molecule has 0 bridgehead atoms. The third-order valence-electron chi connectivity index (χ3n) is 2.43. The highest BCUT2D eigenvalue weighted by Crippen LogP contribution is 2.26. The van der Waals surface area contributed by atoms with Crippen molar-refractivity contribution >= 4 is 27.1 Å². The van der Waals surface area contributed by atoms with Crippen molar-refractivity contribution in [3.05, 3.63) is 41.2 Å². The molecule has 1 nitrogen and oxygen atoms in total. The first-order valence-corrected chi connectivity index (χ1v) is 5.28. The zero-order valence-corrected chi connectivity index (χ0v) is 8.44. The summed E-state index contributed by atoms with van der Waals surface area (Å²) in [6, 6.07) is 6.94. The second kappa shape index (κ2) is 2.58. The van der Waals surface area contributed by atoms with E-state index in [2.05, 4.69) is 16.7 Å². The van der Waals surface area contributed by atoms with Crippen LogP contribution in [0.1, 0.15) is 5.69 Å². The standard InChI is InChI=1S/C11H8FNS/c1-7-6-14-11-5-8-4-9(12)2-3-10(8)13(7)11/h2-6H,1H3. The number of hydrogen-bond donors (Lipinski definition) is 0. The van der Waals surface area contributed by atoms with Gasteiger partial charge in [0.25, 0.3) is 0 Å². The van der Waals surface area contributed by atoms with Gasteiger partial charge >= 0.3 is 0 Å². The van der Waals surface area contributed by atoms with Crippen LogP contribution < -0.4 is 0 Å². The summed E-state index contributed by atoms with van der Waals surface area (Å²) in [5.74, 6) is -0.173. The zero-order chi connectivity index (χ0) is 9.71. The molecule has 1 aromatic carbocycles. The number of nitrogens with zero attached hydrogens (tertiary/aromatic N) is 1. The first-order valence-electron chi connectivity index (χ1n) is 4.40. The summed E-state index contributed by atoms with van der Waals surface area (Å²) in [4.78, 5) is 1.17. The molecule has 2 aromatic heterocycles. The van der Waals surface area contributed by atoms with Crippen LogP contribution in [0.25, 0.3) is 15.7 Å². The molecule has 2 heterocycles. The molecular formula is C11H8FNS. The lowest BCUT2D eigenvalue weighted by atomic mass is 10.2. The van der Waals surface area contributed by atoms with Crippen LogP contribution in [0, 0.1) is 12.7 Å². The Labute approximate surface area is 84.4 Å². The highest BCUT2D eigenvalue weighted by molar-refractivity contribution is 7.15. The van der Waals surface area contributed by atoms with Crippen LogP contribution in [0.3, 0.4) is 0 Å². The van der Waals surface area contributed by atoms with Gasteiger partial charge in [-0.2, -0.15) is 0 Å². The van der Waals surface area contributed by atoms with Crippen molar-refractivity contribution < 1.29 is 4.39 Å². The molecule has 0 aliphatic rings. The lowest BCUT2D eigenvalue weighted by molar-refractivity contribution is 0.629. The smallest absolute Gasteiger partial charge is 0.123 e. The summed E-state index contributed by atoms with van der Waals surface area (Å²) in [5.41, 5.74) is 2.28. The van der Waals surface area contributed by atoms with E-state index >= 15 is 0 Å². The summed E-state index contributed by atoms with van der Waals surface area (Å²) in [6.45, 7) is 2.06. The summed E-state index contributed by atoms with van der Waals surface area (Å²) in [5, 5.41) is 3.08. The van der Waals surface area contributed by atoms with E-state index in [-0.39, 0.29) is 5.82 Å². The third-order valence-corrected chi connectivity index (χ3v) is 3.43. The largest absolute Gasteiger partial charge is 0.305 e. The predicted octanol–water partition coefficient (Wildman–Crippen LogP) is 3.60.